The maximum atomic E-state index is 13.0. The lowest BCUT2D eigenvalue weighted by molar-refractivity contribution is 0.0526. The van der Waals surface area contributed by atoms with Crippen molar-refractivity contribution in [3.8, 4) is 28.7 Å². The zero-order chi connectivity index (χ0) is 103. The summed E-state index contributed by atoms with van der Waals surface area (Å²) in [7, 11) is 4.16. The second kappa shape index (κ2) is 52.9. The maximum Gasteiger partial charge on any atom is 0.341 e. The van der Waals surface area contributed by atoms with Gasteiger partial charge in [0.25, 0.3) is 0 Å². The van der Waals surface area contributed by atoms with E-state index in [0.29, 0.717) is 127 Å². The molecule has 37 heteroatoms. The topological polar surface area (TPSA) is 477 Å². The summed E-state index contributed by atoms with van der Waals surface area (Å²) in [5.41, 5.74) is 22.7. The van der Waals surface area contributed by atoms with Crippen LogP contribution in [0.2, 0.25) is 0 Å². The number of aldehydes is 1. The number of carboxylic acids is 1. The van der Waals surface area contributed by atoms with Crippen molar-refractivity contribution >= 4 is 158 Å². The first kappa shape index (κ1) is 107. The van der Waals surface area contributed by atoms with E-state index in [9.17, 15) is 53.4 Å². The molecule has 6 aromatic heterocycles. The Bertz CT molecular complexity index is 7160. The van der Waals surface area contributed by atoms with Gasteiger partial charge in [0.15, 0.2) is 17.9 Å². The number of phenols is 2. The van der Waals surface area contributed by atoms with Crippen LogP contribution in [0.4, 0.5) is 45.8 Å². The number of aryl methyl sites for hydroxylation is 1. The molecule has 0 aliphatic carbocycles. The first-order chi connectivity index (χ1) is 70.2. The fraction of sp³-hybridized carbons (Fsp3) is 0.333. The summed E-state index contributed by atoms with van der Waals surface area (Å²) in [6, 6.07) is 53.1. The molecule has 0 radical (unpaired) electrons. The molecule has 0 unspecified atom stereocenters. The number of aromatic carboxylic acids is 1. The molecule has 9 N–H and O–H groups in total. The Morgan fingerprint density at radius 2 is 0.848 bits per heavy atom. The Kier molecular flexibility index (Phi) is 39.1. The molecule has 145 heavy (non-hydrogen) atoms. The third-order valence-corrected chi connectivity index (χ3v) is 24.8. The number of pyridine rings is 2. The number of anilines is 8. The number of nitrogens with two attached hydrogens (primary N) is 2. The summed E-state index contributed by atoms with van der Waals surface area (Å²) >= 11 is 3.20. The van der Waals surface area contributed by atoms with Crippen LogP contribution in [-0.2, 0) is 33.2 Å². The third kappa shape index (κ3) is 28.6. The fourth-order valence-electron chi connectivity index (χ4n) is 16.5. The number of phenolic OH excluding ortho intramolecular Hbond substituents is 2. The van der Waals surface area contributed by atoms with Gasteiger partial charge in [-0.1, -0.05) is 64.8 Å². The van der Waals surface area contributed by atoms with Crippen LogP contribution in [0, 0.1) is 18.3 Å². The normalized spacial score (nSPS) is 15.0. The number of nitrogens with one attached hydrogen (secondary N) is 2. The molecule has 36 nitrogen and oxygen atoms in total. The van der Waals surface area contributed by atoms with E-state index in [4.69, 9.17) is 72.7 Å². The number of aromatic nitrogens is 2. The third-order valence-electron chi connectivity index (χ3n) is 24.3. The molecule has 760 valence electrons. The highest BCUT2D eigenvalue weighted by atomic mass is 79.9. The van der Waals surface area contributed by atoms with Crippen molar-refractivity contribution in [2.45, 2.75) is 47.0 Å². The highest BCUT2D eigenvalue weighted by Crippen LogP contribution is 2.35. The largest absolute Gasteiger partial charge is 0.507 e. The van der Waals surface area contributed by atoms with E-state index in [0.717, 1.165) is 125 Å². The average Bonchev–Trinajstić information content (AvgIpc) is 0.759. The number of benzene rings is 8. The highest BCUT2D eigenvalue weighted by Gasteiger charge is 2.25. The number of para-hydroxylation sites is 1. The number of aromatic hydroxyl groups is 2. The number of nitriles is 1. The SMILES string of the molecule is C1CCNCC1.C1COCCN1.CC(=O)c1cc(Br)ccc1O.CC(=O)c1cc(N2CCOCC2)ccc1O.CCOC(=O)c1cc2c(=O)c3cc(N4CCOCC4)ccc3oc2nc1N.Cc1ccccc1-c1ccccc1N(C)C.N#Cc1coc2ccc(N3CCOCC3)cc2c1=O.Nc1nc2oc3ccc(N4CCOCC4)cc3c(=O)c2cc1C(=O)O.O=Cc1coc2ccc(N3CCOCC3)cc2c1=O. The van der Waals surface area contributed by atoms with Crippen LogP contribution in [-0.4, -0.2) is 247 Å². The zero-order valence-electron chi connectivity index (χ0n) is 81.7. The van der Waals surface area contributed by atoms with Gasteiger partial charge in [-0.15, -0.1) is 0 Å². The maximum absolute atomic E-state index is 13.0. The minimum absolute atomic E-state index is 0.0270. The number of nitrogen functional groups attached to an aromatic ring is 2. The number of ether oxygens (including phenoxy) is 7. The van der Waals surface area contributed by atoms with Crippen molar-refractivity contribution in [3.63, 3.8) is 0 Å². The number of halogens is 1. The number of morpholine rings is 6. The molecule has 0 bridgehead atoms. The number of esters is 1. The zero-order valence-corrected chi connectivity index (χ0v) is 83.3. The smallest absolute Gasteiger partial charge is 0.341 e. The number of Topliss-reactive ketones (excluding diaryl/α,β-unsaturated/α-hetero) is 2. The first-order valence-corrected chi connectivity index (χ1v) is 48.5. The van der Waals surface area contributed by atoms with Crippen LogP contribution in [0.1, 0.15) is 103 Å². The van der Waals surface area contributed by atoms with E-state index in [1.807, 2.05) is 36.4 Å². The predicted octanol–water partition coefficient (Wildman–Crippen LogP) is 14.2. The van der Waals surface area contributed by atoms with Crippen molar-refractivity contribution in [2.24, 2.45) is 0 Å². The minimum Gasteiger partial charge on any atom is -0.507 e. The summed E-state index contributed by atoms with van der Waals surface area (Å²) in [4.78, 5) is 127. The van der Waals surface area contributed by atoms with Gasteiger partial charge in [-0.2, -0.15) is 15.2 Å². The molecule has 0 saturated carbocycles. The van der Waals surface area contributed by atoms with Crippen LogP contribution in [0.25, 0.3) is 77.2 Å². The van der Waals surface area contributed by atoms with Crippen molar-refractivity contribution in [1.82, 2.24) is 20.6 Å². The number of rotatable bonds is 13. The summed E-state index contributed by atoms with van der Waals surface area (Å²) in [6.07, 6.45) is 7.14. The molecule has 7 aliphatic rings. The van der Waals surface area contributed by atoms with Gasteiger partial charge in [0.1, 0.15) is 80.8 Å². The number of fused-ring (bicyclic) bond motifs is 6. The summed E-state index contributed by atoms with van der Waals surface area (Å²) in [5, 5.41) is 45.2. The molecule has 0 amide bonds. The number of ketones is 2. The van der Waals surface area contributed by atoms with E-state index >= 15 is 0 Å². The highest BCUT2D eigenvalue weighted by molar-refractivity contribution is 9.10. The number of hydrogen-bond donors (Lipinski definition) is 7. The van der Waals surface area contributed by atoms with Gasteiger partial charge in [-0.25, -0.2) is 9.59 Å². The van der Waals surface area contributed by atoms with Gasteiger partial charge >= 0.3 is 11.9 Å². The second-order valence-corrected chi connectivity index (χ2v) is 35.2. The number of hydrogen-bond acceptors (Lipinski definition) is 35. The Morgan fingerprint density at radius 3 is 1.24 bits per heavy atom. The summed E-state index contributed by atoms with van der Waals surface area (Å²) in [5.74, 6) is -2.26. The van der Waals surface area contributed by atoms with Crippen LogP contribution in [0.15, 0.2) is 224 Å². The number of nitrogens with zero attached hydrogens (tertiary/aromatic N) is 9. The lowest BCUT2D eigenvalue weighted by Gasteiger charge is -2.29. The van der Waals surface area contributed by atoms with Crippen molar-refractivity contribution in [1.29, 1.82) is 5.26 Å². The molecule has 0 atom stereocenters. The second-order valence-electron chi connectivity index (χ2n) is 34.3. The molecule has 7 saturated heterocycles. The first-order valence-electron chi connectivity index (χ1n) is 47.7. The predicted molar refractivity (Wildman–Crippen MR) is 563 cm³/mol. The molecular formula is C108H118BrN13O23. The Morgan fingerprint density at radius 1 is 0.462 bits per heavy atom. The van der Waals surface area contributed by atoms with Gasteiger partial charge < -0.3 is 118 Å². The number of carboxylic acid groups (broad SMARTS) is 1. The van der Waals surface area contributed by atoms with Crippen LogP contribution >= 0.6 is 15.9 Å². The molecule has 0 spiro atoms. The summed E-state index contributed by atoms with van der Waals surface area (Å²) in [6.45, 7) is 27.8. The Labute approximate surface area is 843 Å². The number of carbonyl (C=O) groups excluding carboxylic acids is 4. The number of carbonyl (C=O) groups is 5. The minimum atomic E-state index is -1.24. The van der Waals surface area contributed by atoms with E-state index in [1.165, 1.54) is 99.3 Å². The monoisotopic (exact) mass is 2040 g/mol. The van der Waals surface area contributed by atoms with Gasteiger partial charge in [0.05, 0.1) is 135 Å². The Balaban J connectivity index is 0.000000141. The van der Waals surface area contributed by atoms with Crippen molar-refractivity contribution in [3.05, 3.63) is 267 Å². The fourth-order valence-corrected chi connectivity index (χ4v) is 16.9. The average molecular weight is 2050 g/mol. The molecule has 13 heterocycles. The molecule has 7 aliphatic heterocycles. The molecule has 8 aromatic carbocycles. The van der Waals surface area contributed by atoms with Crippen molar-refractivity contribution < 1.29 is 90.1 Å². The van der Waals surface area contributed by atoms with Gasteiger partial charge in [-0.05, 0) is 192 Å². The van der Waals surface area contributed by atoms with Crippen molar-refractivity contribution in [2.75, 3.05) is 232 Å². The van der Waals surface area contributed by atoms with Crippen LogP contribution < -0.4 is 73.2 Å². The van der Waals surface area contributed by atoms with E-state index < -0.39 is 11.9 Å². The lowest BCUT2D eigenvalue weighted by Crippen LogP contribution is -2.36. The van der Waals surface area contributed by atoms with E-state index in [2.05, 4.69) is 135 Å². The van der Waals surface area contributed by atoms with Crippen LogP contribution in [0.5, 0.6) is 11.5 Å². The quantitative estimate of drug-likeness (QED) is 0.0244. The standard InChI is InChI=1S/C19H19N3O5.C17H15N3O5.C15H17N.C14H12N2O3.C14H13NO4.C12H15NO3.C8H7BrO2.C5H11N.C4H9NO/c1-2-26-19(24)14-10-13-16(23)12-9-11(22-5-7-25-8-6-22)3-4-15(12)27-18(13)21-17(14)20;18-15-12(17(22)23)8-11-14(21)10-7-9(20-3-5-24-6-4-20)1-2-13(10)25-16(11)19-15;1-12-8-4-5-9-13(12)14-10-6-7-11-15(14)16(2)3;15-8-10-9-19-13-2-1-11(7-12(13)14(10)17)16-3-5-18-6-4-16;16-8-10-9-19-13-2-1-11(7-12(13)14(10)17)15-3-5-18-6-4-15;1-9(14)11-8-10(2-3-12(11)15)13-4-6-16-7-5-13;1-5(10)7-4-6(9)2-3-8(7)11;1-2-4-6-5-3-1;1-3-6-4-2-5-1/h3-4,9-10H,2,5-8H2,1H3,(H2,20,21);1-2,7-8H,3-6H2,(H2,18,19)(H,22,23);4-11H,1-3H3;1-2,7,9H,3-6H2;1-2,7-9H,3-6H2;2-3,8,15H,4-7H2,1H3;2-4,11H,1H3;6H,1-5H2;5H,1-4H2. The van der Waals surface area contributed by atoms with Gasteiger partial charge in [-0.3, -0.25) is 33.6 Å². The molecular weight excluding hydrogens is 1930 g/mol. The lowest BCUT2D eigenvalue weighted by atomic mass is 9.99. The van der Waals surface area contributed by atoms with Crippen LogP contribution in [0.3, 0.4) is 0 Å². The molecule has 21 rings (SSSR count). The van der Waals surface area contributed by atoms with Gasteiger partial charge in [0, 0.05) is 137 Å². The van der Waals surface area contributed by atoms with E-state index in [-0.39, 0.29) is 107 Å². The van der Waals surface area contributed by atoms with E-state index in [1.54, 1.807) is 79.7 Å². The summed E-state index contributed by atoms with van der Waals surface area (Å²) < 4.78 is 59.3. The van der Waals surface area contributed by atoms with Gasteiger partial charge in [0.2, 0.25) is 33.1 Å². The molecule has 7 fully saturated rings. The number of piperidine rings is 1. The Hall–Kier alpha value is -15.0. The molecule has 14 aromatic rings.